The zero-order chi connectivity index (χ0) is 14.5. The van der Waals surface area contributed by atoms with Gasteiger partial charge in [0, 0.05) is 13.6 Å². The molecule has 20 heavy (non-hydrogen) atoms. The minimum Gasteiger partial charge on any atom is -0.492 e. The Bertz CT molecular complexity index is 479. The largest absolute Gasteiger partial charge is 0.492 e. The average molecular weight is 279 g/mol. The molecule has 1 saturated heterocycles. The lowest BCUT2D eigenvalue weighted by atomic mass is 10.1. The molecular weight excluding hydrogens is 258 g/mol. The molecule has 1 atom stereocenters. The van der Waals surface area contributed by atoms with Crippen molar-refractivity contribution in [1.82, 2.24) is 5.32 Å². The van der Waals surface area contributed by atoms with Gasteiger partial charge in [-0.05, 0) is 19.1 Å². The van der Waals surface area contributed by atoms with Gasteiger partial charge >= 0.3 is 0 Å². The van der Waals surface area contributed by atoms with Crippen LogP contribution in [0.1, 0.15) is 6.92 Å². The van der Waals surface area contributed by atoms with E-state index in [1.54, 1.807) is 7.05 Å². The number of ether oxygens (including phenoxy) is 2. The number of nitrogens with zero attached hydrogens (tertiary/aromatic N) is 1. The van der Waals surface area contributed by atoms with Crippen LogP contribution < -0.4 is 20.7 Å². The lowest BCUT2D eigenvalue weighted by molar-refractivity contribution is -0.124. The Morgan fingerprint density at radius 3 is 3.10 bits per heavy atom. The first kappa shape index (κ1) is 14.5. The molecule has 1 amide bonds. The number of amides is 1. The van der Waals surface area contributed by atoms with Crippen molar-refractivity contribution in [3.8, 4) is 5.75 Å². The predicted molar refractivity (Wildman–Crippen MR) is 78.0 cm³/mol. The molecular formula is C14H21N3O3. The molecule has 1 aromatic carbocycles. The zero-order valence-corrected chi connectivity index (χ0v) is 11.9. The summed E-state index contributed by atoms with van der Waals surface area (Å²) in [6.07, 6.45) is 0. The number of anilines is 2. The molecule has 6 heteroatoms. The number of carbonyl (C=O) groups excluding carboxylic acids is 1. The summed E-state index contributed by atoms with van der Waals surface area (Å²) < 4.78 is 10.9. The van der Waals surface area contributed by atoms with Crippen molar-refractivity contribution < 1.29 is 14.3 Å². The van der Waals surface area contributed by atoms with Gasteiger partial charge in [0.25, 0.3) is 0 Å². The van der Waals surface area contributed by atoms with E-state index < -0.39 is 0 Å². The van der Waals surface area contributed by atoms with Gasteiger partial charge in [-0.3, -0.25) is 4.79 Å². The van der Waals surface area contributed by atoms with Crippen molar-refractivity contribution in [2.75, 3.05) is 44.0 Å². The smallest absolute Gasteiger partial charge is 0.244 e. The molecule has 2 rings (SSSR count). The van der Waals surface area contributed by atoms with Crippen LogP contribution in [0.15, 0.2) is 18.2 Å². The molecule has 3 N–H and O–H groups in total. The number of morpholine rings is 1. The fraction of sp³-hybridized carbons (Fsp3) is 0.500. The van der Waals surface area contributed by atoms with E-state index >= 15 is 0 Å². The van der Waals surface area contributed by atoms with Gasteiger partial charge in [0.15, 0.2) is 0 Å². The van der Waals surface area contributed by atoms with Crippen LogP contribution in [0.2, 0.25) is 0 Å². The summed E-state index contributed by atoms with van der Waals surface area (Å²) in [4.78, 5) is 13.9. The Balaban J connectivity index is 2.32. The van der Waals surface area contributed by atoms with Gasteiger partial charge in [-0.2, -0.15) is 0 Å². The molecule has 110 valence electrons. The van der Waals surface area contributed by atoms with E-state index in [1.165, 1.54) is 0 Å². The standard InChI is InChI=1S/C14H21N3O3/c1-3-20-12-6-4-5-10(13(12)15)17-7-8-19-9-11(17)14(18)16-2/h4-6,11H,3,7-9,15H2,1-2H3,(H,16,18). The number of likely N-dealkylation sites (N-methyl/N-ethyl adjacent to an activating group) is 1. The van der Waals surface area contributed by atoms with E-state index in [4.69, 9.17) is 15.2 Å². The molecule has 0 spiro atoms. The fourth-order valence-electron chi connectivity index (χ4n) is 2.34. The Kier molecular flexibility index (Phi) is 4.68. The first-order valence-corrected chi connectivity index (χ1v) is 6.76. The van der Waals surface area contributed by atoms with E-state index in [0.29, 0.717) is 37.8 Å². The molecule has 0 aliphatic carbocycles. The van der Waals surface area contributed by atoms with Gasteiger partial charge in [-0.25, -0.2) is 0 Å². The highest BCUT2D eigenvalue weighted by molar-refractivity contribution is 5.87. The van der Waals surface area contributed by atoms with E-state index in [1.807, 2.05) is 30.0 Å². The Morgan fingerprint density at radius 2 is 2.40 bits per heavy atom. The first-order chi connectivity index (χ1) is 9.69. The Hall–Kier alpha value is -1.95. The third kappa shape index (κ3) is 2.80. The first-order valence-electron chi connectivity index (χ1n) is 6.76. The molecule has 0 radical (unpaired) electrons. The highest BCUT2D eigenvalue weighted by Crippen LogP contribution is 2.34. The van der Waals surface area contributed by atoms with Gasteiger partial charge < -0.3 is 25.4 Å². The fourth-order valence-corrected chi connectivity index (χ4v) is 2.34. The molecule has 1 unspecified atom stereocenters. The van der Waals surface area contributed by atoms with Crippen molar-refractivity contribution in [3.63, 3.8) is 0 Å². The second-order valence-electron chi connectivity index (χ2n) is 4.52. The van der Waals surface area contributed by atoms with Gasteiger partial charge in [-0.1, -0.05) is 6.07 Å². The van der Waals surface area contributed by atoms with Crippen LogP contribution in [0.4, 0.5) is 11.4 Å². The van der Waals surface area contributed by atoms with Crippen molar-refractivity contribution in [2.45, 2.75) is 13.0 Å². The monoisotopic (exact) mass is 279 g/mol. The number of hydrogen-bond donors (Lipinski definition) is 2. The van der Waals surface area contributed by atoms with Gasteiger partial charge in [0.2, 0.25) is 5.91 Å². The lowest BCUT2D eigenvalue weighted by Gasteiger charge is -2.36. The summed E-state index contributed by atoms with van der Waals surface area (Å²) in [7, 11) is 1.62. The molecule has 1 aliphatic heterocycles. The quantitative estimate of drug-likeness (QED) is 0.790. The van der Waals surface area contributed by atoms with Crippen LogP contribution >= 0.6 is 0 Å². The molecule has 0 aromatic heterocycles. The van der Waals surface area contributed by atoms with Crippen LogP contribution in [0.5, 0.6) is 5.75 Å². The number of nitrogens with one attached hydrogen (secondary N) is 1. The topological polar surface area (TPSA) is 76.8 Å². The van der Waals surface area contributed by atoms with E-state index in [9.17, 15) is 4.79 Å². The van der Waals surface area contributed by atoms with E-state index in [2.05, 4.69) is 5.32 Å². The highest BCUT2D eigenvalue weighted by atomic mass is 16.5. The van der Waals surface area contributed by atoms with Gasteiger partial charge in [0.05, 0.1) is 31.2 Å². The third-order valence-corrected chi connectivity index (χ3v) is 3.33. The van der Waals surface area contributed by atoms with Crippen molar-refractivity contribution in [1.29, 1.82) is 0 Å². The number of carbonyl (C=O) groups is 1. The van der Waals surface area contributed by atoms with E-state index in [0.717, 1.165) is 5.69 Å². The minimum atomic E-state index is -0.368. The van der Waals surface area contributed by atoms with Gasteiger partial charge in [-0.15, -0.1) is 0 Å². The van der Waals surface area contributed by atoms with Crippen molar-refractivity contribution in [2.24, 2.45) is 0 Å². The maximum Gasteiger partial charge on any atom is 0.244 e. The highest BCUT2D eigenvalue weighted by Gasteiger charge is 2.30. The third-order valence-electron chi connectivity index (χ3n) is 3.33. The number of benzene rings is 1. The van der Waals surface area contributed by atoms with Crippen molar-refractivity contribution >= 4 is 17.3 Å². The Morgan fingerprint density at radius 1 is 1.60 bits per heavy atom. The maximum atomic E-state index is 12.0. The molecule has 0 bridgehead atoms. The van der Waals surface area contributed by atoms with Crippen molar-refractivity contribution in [3.05, 3.63) is 18.2 Å². The summed E-state index contributed by atoms with van der Waals surface area (Å²) >= 11 is 0. The normalized spacial score (nSPS) is 18.7. The number of rotatable bonds is 4. The second-order valence-corrected chi connectivity index (χ2v) is 4.52. The zero-order valence-electron chi connectivity index (χ0n) is 11.9. The van der Waals surface area contributed by atoms with E-state index in [-0.39, 0.29) is 11.9 Å². The summed E-state index contributed by atoms with van der Waals surface area (Å²) in [5.41, 5.74) is 7.54. The summed E-state index contributed by atoms with van der Waals surface area (Å²) in [5, 5.41) is 2.66. The summed E-state index contributed by atoms with van der Waals surface area (Å²) in [6, 6.07) is 5.25. The van der Waals surface area contributed by atoms with Crippen LogP contribution in [-0.2, 0) is 9.53 Å². The minimum absolute atomic E-state index is 0.0779. The molecule has 1 fully saturated rings. The predicted octanol–water partition coefficient (Wildman–Crippen LogP) is 0.619. The molecule has 1 heterocycles. The Labute approximate surface area is 118 Å². The van der Waals surface area contributed by atoms with Crippen LogP contribution in [0, 0.1) is 0 Å². The molecule has 0 saturated carbocycles. The number of hydrogen-bond acceptors (Lipinski definition) is 5. The lowest BCUT2D eigenvalue weighted by Crippen LogP contribution is -2.53. The number of nitrogens with two attached hydrogens (primary N) is 1. The summed E-state index contributed by atoms with van der Waals surface area (Å²) in [6.45, 7) is 4.02. The number of nitrogen functional groups attached to an aromatic ring is 1. The molecule has 1 aliphatic rings. The van der Waals surface area contributed by atoms with Crippen LogP contribution in [-0.4, -0.2) is 45.4 Å². The molecule has 6 nitrogen and oxygen atoms in total. The average Bonchev–Trinajstić information content (AvgIpc) is 2.49. The second kappa shape index (κ2) is 6.47. The maximum absolute atomic E-state index is 12.0. The number of para-hydroxylation sites is 1. The van der Waals surface area contributed by atoms with Crippen LogP contribution in [0.25, 0.3) is 0 Å². The molecule has 1 aromatic rings. The summed E-state index contributed by atoms with van der Waals surface area (Å²) in [5.74, 6) is 0.568. The SMILES string of the molecule is CCOc1cccc(N2CCOCC2C(=O)NC)c1N. The van der Waals surface area contributed by atoms with Gasteiger partial charge in [0.1, 0.15) is 11.8 Å². The van der Waals surface area contributed by atoms with Crippen LogP contribution in [0.3, 0.4) is 0 Å².